The summed E-state index contributed by atoms with van der Waals surface area (Å²) in [5.41, 5.74) is 5.74. The van der Waals surface area contributed by atoms with Gasteiger partial charge in [0.2, 0.25) is 0 Å². The van der Waals surface area contributed by atoms with E-state index in [9.17, 15) is 9.18 Å². The Morgan fingerprint density at radius 1 is 1.50 bits per heavy atom. The van der Waals surface area contributed by atoms with E-state index < -0.39 is 23.4 Å². The van der Waals surface area contributed by atoms with E-state index in [0.717, 1.165) is 0 Å². The largest absolute Gasteiger partial charge is 0.459 e. The number of esters is 1. The maximum atomic E-state index is 13.2. The molecule has 0 heterocycles. The molecule has 1 aromatic carbocycles. The van der Waals surface area contributed by atoms with Crippen LogP contribution in [-0.4, -0.2) is 17.6 Å². The average Bonchev–Trinajstić information content (AvgIpc) is 2.21. The first-order chi connectivity index (χ1) is 8.19. The molecule has 0 aliphatic rings. The van der Waals surface area contributed by atoms with Crippen LogP contribution in [0.25, 0.3) is 0 Å². The molecule has 0 aliphatic heterocycles. The molecular formula is C13H17ClFNO2. The average molecular weight is 274 g/mol. The molecule has 5 heteroatoms. The number of halogens is 2. The molecule has 0 amide bonds. The van der Waals surface area contributed by atoms with Gasteiger partial charge in [0.15, 0.2) is 0 Å². The lowest BCUT2D eigenvalue weighted by Gasteiger charge is -2.22. The summed E-state index contributed by atoms with van der Waals surface area (Å²) >= 11 is 5.57. The van der Waals surface area contributed by atoms with Crippen molar-refractivity contribution >= 4 is 17.6 Å². The van der Waals surface area contributed by atoms with Gasteiger partial charge >= 0.3 is 5.97 Å². The summed E-state index contributed by atoms with van der Waals surface area (Å²) in [5.74, 6) is -1.02. The zero-order valence-corrected chi connectivity index (χ0v) is 11.4. The zero-order valence-electron chi connectivity index (χ0n) is 10.7. The van der Waals surface area contributed by atoms with Crippen LogP contribution in [0.2, 0.25) is 5.02 Å². The van der Waals surface area contributed by atoms with Crippen molar-refractivity contribution in [3.8, 4) is 0 Å². The first-order valence-electron chi connectivity index (χ1n) is 5.61. The first kappa shape index (κ1) is 14.9. The van der Waals surface area contributed by atoms with E-state index in [1.807, 2.05) is 0 Å². The smallest absolute Gasteiger partial charge is 0.323 e. The van der Waals surface area contributed by atoms with Gasteiger partial charge in [0.1, 0.15) is 17.5 Å². The van der Waals surface area contributed by atoms with Crippen molar-refractivity contribution in [3.63, 3.8) is 0 Å². The van der Waals surface area contributed by atoms with Crippen molar-refractivity contribution in [1.29, 1.82) is 0 Å². The highest BCUT2D eigenvalue weighted by Gasteiger charge is 2.22. The molecule has 0 aromatic heterocycles. The van der Waals surface area contributed by atoms with E-state index in [1.165, 1.54) is 12.1 Å². The molecule has 18 heavy (non-hydrogen) atoms. The molecule has 100 valence electrons. The van der Waals surface area contributed by atoms with Crippen LogP contribution >= 0.6 is 11.6 Å². The first-order valence-corrected chi connectivity index (χ1v) is 5.99. The van der Waals surface area contributed by atoms with Crippen molar-refractivity contribution in [2.75, 3.05) is 0 Å². The maximum absolute atomic E-state index is 13.2. The highest BCUT2D eigenvalue weighted by Crippen LogP contribution is 2.17. The molecule has 3 nitrogen and oxygen atoms in total. The Bertz CT molecular complexity index is 443. The second-order valence-corrected chi connectivity index (χ2v) is 5.50. The van der Waals surface area contributed by atoms with E-state index in [2.05, 4.69) is 0 Å². The summed E-state index contributed by atoms with van der Waals surface area (Å²) in [5, 5.41) is 0.0459. The Balaban J connectivity index is 2.66. The lowest BCUT2D eigenvalue weighted by Crippen LogP contribution is -2.38. The van der Waals surface area contributed by atoms with Gasteiger partial charge < -0.3 is 10.5 Å². The van der Waals surface area contributed by atoms with Gasteiger partial charge in [0, 0.05) is 0 Å². The van der Waals surface area contributed by atoms with E-state index in [0.29, 0.717) is 5.56 Å². The fraction of sp³-hybridized carbons (Fsp3) is 0.462. The Hall–Kier alpha value is -1.13. The summed E-state index contributed by atoms with van der Waals surface area (Å²) in [7, 11) is 0. The molecule has 1 aromatic rings. The van der Waals surface area contributed by atoms with E-state index in [1.54, 1.807) is 26.8 Å². The topological polar surface area (TPSA) is 52.3 Å². The normalized spacial score (nSPS) is 13.2. The molecule has 1 rings (SSSR count). The van der Waals surface area contributed by atoms with Crippen LogP contribution in [0, 0.1) is 5.82 Å². The predicted octanol–water partition coefficient (Wildman–Crippen LogP) is 2.69. The molecule has 0 saturated heterocycles. The summed E-state index contributed by atoms with van der Waals surface area (Å²) in [6, 6.07) is 3.53. The molecule has 1 atom stereocenters. The van der Waals surface area contributed by atoms with Crippen LogP contribution in [0.3, 0.4) is 0 Å². The lowest BCUT2D eigenvalue weighted by molar-refractivity contribution is -0.156. The SMILES string of the molecule is CC(C)(C)OC(=O)C(N)Cc1ccc(Cl)c(F)c1. The fourth-order valence-corrected chi connectivity index (χ4v) is 1.50. The van der Waals surface area contributed by atoms with E-state index in [-0.39, 0.29) is 11.4 Å². The lowest BCUT2D eigenvalue weighted by atomic mass is 10.1. The van der Waals surface area contributed by atoms with Gasteiger partial charge in [0.05, 0.1) is 5.02 Å². The summed E-state index contributed by atoms with van der Waals surface area (Å²) in [6.07, 6.45) is 0.211. The van der Waals surface area contributed by atoms with Gasteiger partial charge in [0.25, 0.3) is 0 Å². The molecule has 0 spiro atoms. The number of hydrogen-bond acceptors (Lipinski definition) is 3. The van der Waals surface area contributed by atoms with Crippen LogP contribution in [0.4, 0.5) is 4.39 Å². The summed E-state index contributed by atoms with van der Waals surface area (Å²) < 4.78 is 18.4. The zero-order chi connectivity index (χ0) is 13.9. The van der Waals surface area contributed by atoms with Crippen LogP contribution in [-0.2, 0) is 16.0 Å². The summed E-state index contributed by atoms with van der Waals surface area (Å²) in [6.45, 7) is 5.29. The Morgan fingerprint density at radius 2 is 2.11 bits per heavy atom. The van der Waals surface area contributed by atoms with E-state index >= 15 is 0 Å². The number of carbonyl (C=O) groups is 1. The van der Waals surface area contributed by atoms with Crippen LogP contribution in [0.15, 0.2) is 18.2 Å². The van der Waals surface area contributed by atoms with Crippen molar-refractivity contribution < 1.29 is 13.9 Å². The number of nitrogens with two attached hydrogens (primary N) is 1. The predicted molar refractivity (Wildman–Crippen MR) is 68.9 cm³/mol. The Kier molecular flexibility index (Phi) is 4.71. The third-order valence-corrected chi connectivity index (χ3v) is 2.46. The molecule has 2 N–H and O–H groups in total. The molecular weight excluding hydrogens is 257 g/mol. The molecule has 1 unspecified atom stereocenters. The minimum absolute atomic E-state index is 0.0459. The van der Waals surface area contributed by atoms with Gasteiger partial charge in [-0.05, 0) is 44.9 Å². The van der Waals surface area contributed by atoms with Crippen LogP contribution in [0.1, 0.15) is 26.3 Å². The molecule has 0 aliphatic carbocycles. The van der Waals surface area contributed by atoms with Crippen molar-refractivity contribution in [2.24, 2.45) is 5.73 Å². The van der Waals surface area contributed by atoms with Gasteiger partial charge in [-0.1, -0.05) is 17.7 Å². The van der Waals surface area contributed by atoms with Crippen molar-refractivity contribution in [1.82, 2.24) is 0 Å². The highest BCUT2D eigenvalue weighted by molar-refractivity contribution is 6.30. The number of carbonyl (C=O) groups excluding carboxylic acids is 1. The van der Waals surface area contributed by atoms with Crippen LogP contribution < -0.4 is 5.73 Å². The van der Waals surface area contributed by atoms with Crippen LogP contribution in [0.5, 0.6) is 0 Å². The third kappa shape index (κ3) is 4.63. The van der Waals surface area contributed by atoms with Gasteiger partial charge in [-0.2, -0.15) is 0 Å². The van der Waals surface area contributed by atoms with Gasteiger partial charge in [-0.15, -0.1) is 0 Å². The second kappa shape index (κ2) is 5.67. The molecule has 0 radical (unpaired) electrons. The minimum atomic E-state index is -0.815. The molecule has 0 fully saturated rings. The summed E-state index contributed by atoms with van der Waals surface area (Å²) in [4.78, 5) is 11.6. The van der Waals surface area contributed by atoms with Gasteiger partial charge in [-0.25, -0.2) is 4.39 Å². The standard InChI is InChI=1S/C13H17ClFNO2/c1-13(2,3)18-12(17)11(16)7-8-4-5-9(14)10(15)6-8/h4-6,11H,7,16H2,1-3H3. The fourth-order valence-electron chi connectivity index (χ4n) is 1.38. The Labute approximate surface area is 111 Å². The monoisotopic (exact) mass is 273 g/mol. The maximum Gasteiger partial charge on any atom is 0.323 e. The quantitative estimate of drug-likeness (QED) is 0.862. The number of ether oxygens (including phenoxy) is 1. The number of benzene rings is 1. The second-order valence-electron chi connectivity index (χ2n) is 5.09. The minimum Gasteiger partial charge on any atom is -0.459 e. The number of rotatable bonds is 3. The third-order valence-electron chi connectivity index (χ3n) is 2.15. The van der Waals surface area contributed by atoms with Gasteiger partial charge in [-0.3, -0.25) is 4.79 Å². The van der Waals surface area contributed by atoms with Crippen molar-refractivity contribution in [2.45, 2.75) is 38.8 Å². The molecule has 0 saturated carbocycles. The highest BCUT2D eigenvalue weighted by atomic mass is 35.5. The van der Waals surface area contributed by atoms with E-state index in [4.69, 9.17) is 22.1 Å². The van der Waals surface area contributed by atoms with Crippen molar-refractivity contribution in [3.05, 3.63) is 34.6 Å². The molecule has 0 bridgehead atoms. The Morgan fingerprint density at radius 3 is 2.61 bits per heavy atom. The number of hydrogen-bond donors (Lipinski definition) is 1.